The lowest BCUT2D eigenvalue weighted by Gasteiger charge is -2.11. The molecule has 0 saturated heterocycles. The first-order valence-electron chi connectivity index (χ1n) is 9.65. The van der Waals surface area contributed by atoms with Gasteiger partial charge in [0, 0.05) is 18.1 Å². The van der Waals surface area contributed by atoms with E-state index in [1.807, 2.05) is 60.0 Å². The molecule has 0 unspecified atom stereocenters. The maximum Gasteiger partial charge on any atom is 0.221 e. The summed E-state index contributed by atoms with van der Waals surface area (Å²) in [7, 11) is 0. The summed E-state index contributed by atoms with van der Waals surface area (Å²) in [5, 5.41) is 15.1. The fourth-order valence-corrected chi connectivity index (χ4v) is 3.65. The van der Waals surface area contributed by atoms with Crippen molar-refractivity contribution in [1.82, 2.24) is 14.4 Å². The Balaban J connectivity index is 1.64. The number of halogens is 1. The third-order valence-corrected chi connectivity index (χ3v) is 5.19. The molecule has 0 spiro atoms. The van der Waals surface area contributed by atoms with Gasteiger partial charge in [-0.25, -0.2) is 14.4 Å². The molecule has 0 aliphatic heterocycles. The standard InChI is InChI=1S/C24H19FN4O/c1-15-5-4-6-17-13-19(24(30)28-21(15)17)22-23(29-12-3-2-7-20(29)27-22)26-14-16-8-10-18(25)11-9-16/h2-13,26H,14H2,1H3,(H,28,30). The minimum absolute atomic E-state index is 0.0648. The van der Waals surface area contributed by atoms with Crippen LogP contribution in [0.2, 0.25) is 0 Å². The first-order valence-corrected chi connectivity index (χ1v) is 9.65. The minimum Gasteiger partial charge on any atom is -0.493 e. The highest BCUT2D eigenvalue weighted by Crippen LogP contribution is 2.36. The van der Waals surface area contributed by atoms with E-state index in [2.05, 4.69) is 10.3 Å². The molecule has 0 amide bonds. The Hall–Kier alpha value is -3.93. The first kappa shape index (κ1) is 18.1. The number of hydrogen-bond acceptors (Lipinski definition) is 4. The third-order valence-electron chi connectivity index (χ3n) is 5.19. The van der Waals surface area contributed by atoms with Crippen LogP contribution in [0.3, 0.4) is 0 Å². The van der Waals surface area contributed by atoms with Crippen LogP contribution in [-0.4, -0.2) is 19.5 Å². The zero-order valence-electron chi connectivity index (χ0n) is 16.3. The van der Waals surface area contributed by atoms with Crippen molar-refractivity contribution in [2.75, 3.05) is 5.32 Å². The zero-order chi connectivity index (χ0) is 20.7. The number of imidazole rings is 1. The number of nitrogens with zero attached hydrogens (tertiary/aromatic N) is 3. The van der Waals surface area contributed by atoms with Crippen molar-refractivity contribution in [2.24, 2.45) is 0 Å². The van der Waals surface area contributed by atoms with Gasteiger partial charge in [-0.3, -0.25) is 4.40 Å². The number of hydrogen-bond donors (Lipinski definition) is 2. The predicted molar refractivity (Wildman–Crippen MR) is 116 cm³/mol. The second kappa shape index (κ2) is 7.15. The molecule has 3 aromatic heterocycles. The summed E-state index contributed by atoms with van der Waals surface area (Å²) in [6, 6.07) is 19.9. The Bertz CT molecular complexity index is 1380. The van der Waals surface area contributed by atoms with Crippen molar-refractivity contribution in [3.8, 4) is 17.1 Å². The van der Waals surface area contributed by atoms with Crippen LogP contribution in [0.5, 0.6) is 5.88 Å². The number of pyridine rings is 2. The summed E-state index contributed by atoms with van der Waals surface area (Å²) in [5.41, 5.74) is 4.61. The first-order chi connectivity index (χ1) is 14.6. The lowest BCUT2D eigenvalue weighted by atomic mass is 10.1. The largest absolute Gasteiger partial charge is 0.493 e. The van der Waals surface area contributed by atoms with Gasteiger partial charge in [0.05, 0.1) is 11.1 Å². The monoisotopic (exact) mass is 398 g/mol. The van der Waals surface area contributed by atoms with Crippen LogP contribution in [0.15, 0.2) is 72.9 Å². The van der Waals surface area contributed by atoms with E-state index in [1.54, 1.807) is 12.1 Å². The smallest absolute Gasteiger partial charge is 0.221 e. The fourth-order valence-electron chi connectivity index (χ4n) is 3.65. The highest BCUT2D eigenvalue weighted by atomic mass is 19.1. The molecular weight excluding hydrogens is 379 g/mol. The van der Waals surface area contributed by atoms with Gasteiger partial charge in [-0.2, -0.15) is 0 Å². The number of aryl methyl sites for hydroxylation is 1. The van der Waals surface area contributed by atoms with Gasteiger partial charge in [-0.1, -0.05) is 36.4 Å². The van der Waals surface area contributed by atoms with Gasteiger partial charge in [0.1, 0.15) is 23.0 Å². The van der Waals surface area contributed by atoms with E-state index in [4.69, 9.17) is 4.98 Å². The number of aromatic nitrogens is 3. The van der Waals surface area contributed by atoms with Crippen LogP contribution in [0.25, 0.3) is 27.8 Å². The summed E-state index contributed by atoms with van der Waals surface area (Å²) in [6.45, 7) is 2.45. The van der Waals surface area contributed by atoms with Gasteiger partial charge >= 0.3 is 0 Å². The maximum atomic E-state index is 13.2. The van der Waals surface area contributed by atoms with E-state index in [-0.39, 0.29) is 11.7 Å². The van der Waals surface area contributed by atoms with Crippen molar-refractivity contribution in [2.45, 2.75) is 13.5 Å². The number of aromatic hydroxyl groups is 1. The van der Waals surface area contributed by atoms with Crippen LogP contribution in [-0.2, 0) is 6.54 Å². The summed E-state index contributed by atoms with van der Waals surface area (Å²) in [6.07, 6.45) is 1.91. The van der Waals surface area contributed by atoms with Gasteiger partial charge in [-0.05, 0) is 48.4 Å². The molecule has 2 N–H and O–H groups in total. The SMILES string of the molecule is Cc1cccc2cc(-c3nc4ccccn4c3NCc3ccc(F)cc3)c(O)nc12. The second-order valence-electron chi connectivity index (χ2n) is 7.22. The van der Waals surface area contributed by atoms with E-state index < -0.39 is 0 Å². The van der Waals surface area contributed by atoms with E-state index in [0.29, 0.717) is 17.8 Å². The minimum atomic E-state index is -0.267. The Kier molecular flexibility index (Phi) is 4.32. The normalized spacial score (nSPS) is 11.3. The zero-order valence-corrected chi connectivity index (χ0v) is 16.3. The van der Waals surface area contributed by atoms with Crippen molar-refractivity contribution >= 4 is 22.4 Å². The highest BCUT2D eigenvalue weighted by molar-refractivity contribution is 5.90. The van der Waals surface area contributed by atoms with E-state index in [0.717, 1.165) is 33.5 Å². The molecule has 5 aromatic rings. The average molecular weight is 398 g/mol. The molecule has 6 heteroatoms. The van der Waals surface area contributed by atoms with Crippen molar-refractivity contribution in [3.05, 3.63) is 89.9 Å². The van der Waals surface area contributed by atoms with Gasteiger partial charge < -0.3 is 10.4 Å². The number of para-hydroxylation sites is 1. The Morgan fingerprint density at radius 2 is 1.83 bits per heavy atom. The Morgan fingerprint density at radius 3 is 2.67 bits per heavy atom. The molecule has 148 valence electrons. The Labute approximate surface area is 172 Å². The summed E-state index contributed by atoms with van der Waals surface area (Å²) >= 11 is 0. The van der Waals surface area contributed by atoms with Gasteiger partial charge in [0.2, 0.25) is 5.88 Å². The summed E-state index contributed by atoms with van der Waals surface area (Å²) < 4.78 is 15.2. The molecule has 2 aromatic carbocycles. The van der Waals surface area contributed by atoms with Crippen LogP contribution >= 0.6 is 0 Å². The third kappa shape index (κ3) is 3.12. The lowest BCUT2D eigenvalue weighted by Crippen LogP contribution is -2.03. The van der Waals surface area contributed by atoms with Crippen molar-refractivity contribution in [1.29, 1.82) is 0 Å². The van der Waals surface area contributed by atoms with Crippen LogP contribution in [0, 0.1) is 12.7 Å². The molecule has 0 aliphatic rings. The molecule has 5 nitrogen and oxygen atoms in total. The van der Waals surface area contributed by atoms with Gasteiger partial charge in [0.25, 0.3) is 0 Å². The summed E-state index contributed by atoms with van der Waals surface area (Å²) in [4.78, 5) is 9.17. The number of anilines is 1. The summed E-state index contributed by atoms with van der Waals surface area (Å²) in [5.74, 6) is 0.403. The maximum absolute atomic E-state index is 13.2. The number of nitrogens with one attached hydrogen (secondary N) is 1. The molecule has 0 radical (unpaired) electrons. The van der Waals surface area contributed by atoms with Crippen LogP contribution in [0.1, 0.15) is 11.1 Å². The number of benzene rings is 2. The lowest BCUT2D eigenvalue weighted by molar-refractivity contribution is 0.458. The second-order valence-corrected chi connectivity index (χ2v) is 7.22. The Morgan fingerprint density at radius 1 is 1.00 bits per heavy atom. The highest BCUT2D eigenvalue weighted by Gasteiger charge is 2.19. The van der Waals surface area contributed by atoms with E-state index >= 15 is 0 Å². The molecule has 0 saturated carbocycles. The predicted octanol–water partition coefficient (Wildman–Crippen LogP) is 5.31. The van der Waals surface area contributed by atoms with E-state index in [1.165, 1.54) is 12.1 Å². The molecular formula is C24H19FN4O. The molecule has 5 rings (SSSR count). The molecule has 0 fully saturated rings. The van der Waals surface area contributed by atoms with Gasteiger partial charge in [0.15, 0.2) is 0 Å². The van der Waals surface area contributed by atoms with E-state index in [9.17, 15) is 9.50 Å². The molecule has 0 atom stereocenters. The van der Waals surface area contributed by atoms with Gasteiger partial charge in [-0.15, -0.1) is 0 Å². The topological polar surface area (TPSA) is 62.5 Å². The number of rotatable bonds is 4. The van der Waals surface area contributed by atoms with Crippen LogP contribution < -0.4 is 5.32 Å². The van der Waals surface area contributed by atoms with Crippen molar-refractivity contribution in [3.63, 3.8) is 0 Å². The molecule has 30 heavy (non-hydrogen) atoms. The van der Waals surface area contributed by atoms with Crippen molar-refractivity contribution < 1.29 is 9.50 Å². The molecule has 0 aliphatic carbocycles. The van der Waals surface area contributed by atoms with Crippen LogP contribution in [0.4, 0.5) is 10.2 Å². The quantitative estimate of drug-likeness (QED) is 0.430. The fraction of sp³-hybridized carbons (Fsp3) is 0.0833. The number of fused-ring (bicyclic) bond motifs is 2. The molecule has 3 heterocycles. The molecule has 0 bridgehead atoms. The average Bonchev–Trinajstić information content (AvgIpc) is 3.12.